The molecule has 1 unspecified atom stereocenters. The van der Waals surface area contributed by atoms with E-state index in [9.17, 15) is 0 Å². The van der Waals surface area contributed by atoms with Gasteiger partial charge in [0.1, 0.15) is 0 Å². The van der Waals surface area contributed by atoms with Crippen LogP contribution >= 0.6 is 15.9 Å². The van der Waals surface area contributed by atoms with Crippen molar-refractivity contribution in [2.24, 2.45) is 0 Å². The summed E-state index contributed by atoms with van der Waals surface area (Å²) in [7, 11) is 0. The molecular weight excluding hydrogens is 236 g/mol. The predicted molar refractivity (Wildman–Crippen MR) is 65.2 cm³/mol. The molecule has 1 aromatic carbocycles. The minimum Gasteiger partial charge on any atom is -0.0921 e. The van der Waals surface area contributed by atoms with Crippen molar-refractivity contribution in [3.8, 4) is 0 Å². The number of halogens is 1. The first-order valence-corrected chi connectivity index (χ1v) is 6.42. The average molecular weight is 253 g/mol. The van der Waals surface area contributed by atoms with E-state index in [4.69, 9.17) is 0 Å². The highest BCUT2D eigenvalue weighted by atomic mass is 79.9. The lowest BCUT2D eigenvalue weighted by Gasteiger charge is -2.36. The van der Waals surface area contributed by atoms with Crippen LogP contribution in [0.2, 0.25) is 0 Å². The summed E-state index contributed by atoms with van der Waals surface area (Å²) in [5, 5.41) is 1.10. The first-order valence-electron chi connectivity index (χ1n) is 5.30. The predicted octanol–water partition coefficient (Wildman–Crippen LogP) is 4.24. The lowest BCUT2D eigenvalue weighted by molar-refractivity contribution is 0.405. The van der Waals surface area contributed by atoms with Crippen LogP contribution in [0.3, 0.4) is 0 Å². The molecule has 0 amide bonds. The summed E-state index contributed by atoms with van der Waals surface area (Å²) in [6, 6.07) is 8.92. The van der Waals surface area contributed by atoms with E-state index < -0.39 is 0 Å². The van der Waals surface area contributed by atoms with Crippen LogP contribution in [-0.2, 0) is 5.41 Å². The van der Waals surface area contributed by atoms with E-state index in [0.717, 1.165) is 11.2 Å². The Kier molecular flexibility index (Phi) is 2.70. The summed E-state index contributed by atoms with van der Waals surface area (Å²) in [5.41, 5.74) is 3.48. The van der Waals surface area contributed by atoms with E-state index in [1.165, 1.54) is 12.8 Å². The zero-order valence-electron chi connectivity index (χ0n) is 8.89. The molecule has 1 aliphatic carbocycles. The Bertz CT molecular complexity index is 328. The summed E-state index contributed by atoms with van der Waals surface area (Å²) in [5.74, 6) is 0.722. The van der Waals surface area contributed by atoms with Gasteiger partial charge in [0, 0.05) is 5.33 Å². The van der Waals surface area contributed by atoms with Crippen molar-refractivity contribution in [1.82, 2.24) is 0 Å². The zero-order chi connectivity index (χ0) is 10.2. The molecule has 76 valence electrons. The van der Waals surface area contributed by atoms with Crippen molar-refractivity contribution in [3.05, 3.63) is 35.4 Å². The number of hydrogen-bond donors (Lipinski definition) is 0. The molecule has 1 aliphatic rings. The number of alkyl halides is 1. The molecule has 0 aliphatic heterocycles. The quantitative estimate of drug-likeness (QED) is 0.657. The van der Waals surface area contributed by atoms with E-state index in [-0.39, 0.29) is 0 Å². The molecule has 0 heterocycles. The Labute approximate surface area is 94.8 Å². The Morgan fingerprint density at radius 3 is 2.79 bits per heavy atom. The highest BCUT2D eigenvalue weighted by Crippen LogP contribution is 2.42. The minimum absolute atomic E-state index is 0.370. The number of hydrogen-bond acceptors (Lipinski definition) is 0. The van der Waals surface area contributed by atoms with E-state index >= 15 is 0 Å². The van der Waals surface area contributed by atoms with Crippen LogP contribution in [0.25, 0.3) is 0 Å². The second-order valence-electron chi connectivity index (χ2n) is 4.86. The fourth-order valence-corrected chi connectivity index (χ4v) is 3.13. The van der Waals surface area contributed by atoms with E-state index in [1.807, 2.05) is 0 Å². The molecule has 1 aromatic rings. The topological polar surface area (TPSA) is 0 Å². The van der Waals surface area contributed by atoms with Crippen LogP contribution < -0.4 is 0 Å². The smallest absolute Gasteiger partial charge is 0.0100 e. The van der Waals surface area contributed by atoms with Gasteiger partial charge in [-0.05, 0) is 35.3 Å². The van der Waals surface area contributed by atoms with Gasteiger partial charge in [-0.2, -0.15) is 0 Å². The summed E-state index contributed by atoms with van der Waals surface area (Å²) in [6.45, 7) is 4.71. The van der Waals surface area contributed by atoms with Gasteiger partial charge in [0.15, 0.2) is 0 Å². The third-order valence-corrected chi connectivity index (χ3v) is 4.22. The Morgan fingerprint density at radius 2 is 2.07 bits per heavy atom. The van der Waals surface area contributed by atoms with Gasteiger partial charge < -0.3 is 0 Å². The summed E-state index contributed by atoms with van der Waals surface area (Å²) < 4.78 is 0. The fourth-order valence-electron chi connectivity index (χ4n) is 2.45. The third-order valence-electron chi connectivity index (χ3n) is 3.43. The molecule has 14 heavy (non-hydrogen) atoms. The highest BCUT2D eigenvalue weighted by molar-refractivity contribution is 9.09. The molecule has 0 saturated carbocycles. The molecular formula is C13H17Br. The van der Waals surface area contributed by atoms with Gasteiger partial charge >= 0.3 is 0 Å². The van der Waals surface area contributed by atoms with Crippen LogP contribution in [0.5, 0.6) is 0 Å². The van der Waals surface area contributed by atoms with E-state index in [1.54, 1.807) is 11.1 Å². The van der Waals surface area contributed by atoms with E-state index in [2.05, 4.69) is 54.0 Å². The maximum absolute atomic E-state index is 3.62. The van der Waals surface area contributed by atoms with Gasteiger partial charge in [-0.25, -0.2) is 0 Å². The standard InChI is InChI=1S/C13H17Br/c1-13(2)8-7-10(9-14)11-5-3-4-6-12(11)13/h3-6,10H,7-9H2,1-2H3. The third kappa shape index (κ3) is 1.63. The Balaban J connectivity index is 2.49. The van der Waals surface area contributed by atoms with Crippen molar-refractivity contribution >= 4 is 15.9 Å². The molecule has 0 aromatic heterocycles. The average Bonchev–Trinajstić information content (AvgIpc) is 2.18. The largest absolute Gasteiger partial charge is 0.0921 e. The van der Waals surface area contributed by atoms with Crippen LogP contribution in [0.15, 0.2) is 24.3 Å². The first kappa shape index (κ1) is 10.2. The van der Waals surface area contributed by atoms with Gasteiger partial charge in [0.2, 0.25) is 0 Å². The van der Waals surface area contributed by atoms with Crippen molar-refractivity contribution in [1.29, 1.82) is 0 Å². The lowest BCUT2D eigenvalue weighted by Crippen LogP contribution is -2.26. The molecule has 0 saturated heterocycles. The normalized spacial score (nSPS) is 24.4. The van der Waals surface area contributed by atoms with Gasteiger partial charge in [0.05, 0.1) is 0 Å². The van der Waals surface area contributed by atoms with Gasteiger partial charge in [-0.1, -0.05) is 54.0 Å². The van der Waals surface area contributed by atoms with Gasteiger partial charge in [-0.15, -0.1) is 0 Å². The van der Waals surface area contributed by atoms with E-state index in [0.29, 0.717) is 5.41 Å². The number of benzene rings is 1. The van der Waals surface area contributed by atoms with Crippen molar-refractivity contribution in [3.63, 3.8) is 0 Å². The molecule has 2 rings (SSSR count). The SMILES string of the molecule is CC1(C)CCC(CBr)c2ccccc21. The summed E-state index contributed by atoms with van der Waals surface area (Å²) in [4.78, 5) is 0. The number of fused-ring (bicyclic) bond motifs is 1. The second-order valence-corrected chi connectivity index (χ2v) is 5.51. The van der Waals surface area contributed by atoms with Crippen molar-refractivity contribution in [2.45, 2.75) is 38.0 Å². The van der Waals surface area contributed by atoms with Crippen LogP contribution in [0.4, 0.5) is 0 Å². The summed E-state index contributed by atoms with van der Waals surface area (Å²) >= 11 is 3.62. The maximum atomic E-state index is 3.62. The molecule has 0 nitrogen and oxygen atoms in total. The Hall–Kier alpha value is -0.300. The molecule has 0 bridgehead atoms. The zero-order valence-corrected chi connectivity index (χ0v) is 10.5. The first-order chi connectivity index (χ1) is 6.65. The lowest BCUT2D eigenvalue weighted by atomic mass is 9.69. The van der Waals surface area contributed by atoms with Crippen LogP contribution in [-0.4, -0.2) is 5.33 Å². The second kappa shape index (κ2) is 3.69. The fraction of sp³-hybridized carbons (Fsp3) is 0.538. The summed E-state index contributed by atoms with van der Waals surface area (Å²) in [6.07, 6.45) is 2.62. The minimum atomic E-state index is 0.370. The Morgan fingerprint density at radius 1 is 1.36 bits per heavy atom. The molecule has 0 fully saturated rings. The maximum Gasteiger partial charge on any atom is 0.0100 e. The van der Waals surface area contributed by atoms with Gasteiger partial charge in [-0.3, -0.25) is 0 Å². The highest BCUT2D eigenvalue weighted by Gasteiger charge is 2.31. The monoisotopic (exact) mass is 252 g/mol. The van der Waals surface area contributed by atoms with Gasteiger partial charge in [0.25, 0.3) is 0 Å². The van der Waals surface area contributed by atoms with Crippen LogP contribution in [0.1, 0.15) is 43.7 Å². The number of rotatable bonds is 1. The molecule has 0 N–H and O–H groups in total. The van der Waals surface area contributed by atoms with Crippen molar-refractivity contribution < 1.29 is 0 Å². The van der Waals surface area contributed by atoms with Crippen molar-refractivity contribution in [2.75, 3.05) is 5.33 Å². The van der Waals surface area contributed by atoms with Crippen LogP contribution in [0, 0.1) is 0 Å². The molecule has 0 spiro atoms. The molecule has 1 heteroatoms. The molecule has 1 atom stereocenters. The molecule has 0 radical (unpaired) electrons.